The first-order valence-electron chi connectivity index (χ1n) is 5.23. The van der Waals surface area contributed by atoms with Crippen molar-refractivity contribution in [1.82, 2.24) is 5.43 Å². The average Bonchev–Trinajstić information content (AvgIpc) is 2.35. The van der Waals surface area contributed by atoms with Gasteiger partial charge in [0.2, 0.25) is 0 Å². The van der Waals surface area contributed by atoms with Crippen LogP contribution in [0.15, 0.2) is 29.4 Å². The molecule has 0 saturated heterocycles. The molecule has 0 aliphatic heterocycles. The molecule has 0 atom stereocenters. The SMILES string of the molecule is C/C(=N/NC(=O)COc1ccc(C)cc1)C(=O)[O-]. The number of carbonyl (C=O) groups is 2. The molecule has 1 N–H and O–H groups in total. The first-order chi connectivity index (χ1) is 8.49. The first kappa shape index (κ1) is 13.7. The third-order valence-corrected chi connectivity index (χ3v) is 2.03. The largest absolute Gasteiger partial charge is 0.543 e. The van der Waals surface area contributed by atoms with E-state index in [9.17, 15) is 14.7 Å². The maximum atomic E-state index is 11.3. The Kier molecular flexibility index (Phi) is 4.86. The van der Waals surface area contributed by atoms with Crippen LogP contribution >= 0.6 is 0 Å². The van der Waals surface area contributed by atoms with E-state index in [1.807, 2.05) is 24.5 Å². The van der Waals surface area contributed by atoms with Gasteiger partial charge in [0.25, 0.3) is 5.91 Å². The summed E-state index contributed by atoms with van der Waals surface area (Å²) in [6.07, 6.45) is 0. The van der Waals surface area contributed by atoms with Gasteiger partial charge in [-0.2, -0.15) is 5.10 Å². The highest BCUT2D eigenvalue weighted by atomic mass is 16.5. The monoisotopic (exact) mass is 249 g/mol. The van der Waals surface area contributed by atoms with Crippen LogP contribution in [0.3, 0.4) is 0 Å². The Morgan fingerprint density at radius 2 is 1.94 bits per heavy atom. The lowest BCUT2D eigenvalue weighted by atomic mass is 10.2. The van der Waals surface area contributed by atoms with Crippen LogP contribution in [0.25, 0.3) is 0 Å². The minimum Gasteiger partial charge on any atom is -0.543 e. The van der Waals surface area contributed by atoms with Crippen molar-refractivity contribution in [2.75, 3.05) is 6.61 Å². The molecule has 0 bridgehead atoms. The molecular weight excluding hydrogens is 236 g/mol. The number of aliphatic carboxylic acids is 1. The van der Waals surface area contributed by atoms with Gasteiger partial charge in [0, 0.05) is 0 Å². The Morgan fingerprint density at radius 3 is 2.50 bits per heavy atom. The number of hydrazone groups is 1. The number of carbonyl (C=O) groups excluding carboxylic acids is 2. The molecular formula is C12H13N2O4-. The summed E-state index contributed by atoms with van der Waals surface area (Å²) in [6.45, 7) is 2.91. The number of amides is 1. The fourth-order valence-electron chi connectivity index (χ4n) is 1.01. The van der Waals surface area contributed by atoms with E-state index in [1.54, 1.807) is 12.1 Å². The van der Waals surface area contributed by atoms with Gasteiger partial charge in [0.1, 0.15) is 5.75 Å². The highest BCUT2D eigenvalue weighted by molar-refractivity contribution is 6.33. The average molecular weight is 249 g/mol. The van der Waals surface area contributed by atoms with Crippen LogP contribution in [0.2, 0.25) is 0 Å². The number of carboxylic acid groups (broad SMARTS) is 1. The highest BCUT2D eigenvalue weighted by Gasteiger charge is 2.02. The van der Waals surface area contributed by atoms with Gasteiger partial charge in [-0.15, -0.1) is 0 Å². The zero-order valence-electron chi connectivity index (χ0n) is 10.1. The van der Waals surface area contributed by atoms with E-state index in [0.29, 0.717) is 5.75 Å². The molecule has 0 aromatic heterocycles. The normalized spacial score (nSPS) is 10.9. The molecule has 0 unspecified atom stereocenters. The lowest BCUT2D eigenvalue weighted by Crippen LogP contribution is -2.33. The van der Waals surface area contributed by atoms with Crippen molar-refractivity contribution in [1.29, 1.82) is 0 Å². The number of carboxylic acids is 1. The number of hydrogen-bond acceptors (Lipinski definition) is 5. The van der Waals surface area contributed by atoms with Crippen molar-refractivity contribution in [2.45, 2.75) is 13.8 Å². The summed E-state index contributed by atoms with van der Waals surface area (Å²) in [4.78, 5) is 21.6. The molecule has 1 aromatic rings. The summed E-state index contributed by atoms with van der Waals surface area (Å²) < 4.78 is 5.17. The zero-order valence-corrected chi connectivity index (χ0v) is 10.1. The van der Waals surface area contributed by atoms with Gasteiger partial charge in [-0.25, -0.2) is 5.43 Å². The molecule has 0 aliphatic carbocycles. The molecule has 6 heteroatoms. The Morgan fingerprint density at radius 1 is 1.33 bits per heavy atom. The van der Waals surface area contributed by atoms with E-state index in [0.717, 1.165) is 5.56 Å². The zero-order chi connectivity index (χ0) is 13.5. The molecule has 0 fully saturated rings. The van der Waals surface area contributed by atoms with Crippen molar-refractivity contribution >= 4 is 17.6 Å². The van der Waals surface area contributed by atoms with Crippen molar-refractivity contribution in [3.63, 3.8) is 0 Å². The Labute approximate surface area is 104 Å². The lowest BCUT2D eigenvalue weighted by molar-refractivity contribution is -0.294. The number of benzene rings is 1. The van der Waals surface area contributed by atoms with Gasteiger partial charge in [-0.1, -0.05) is 17.7 Å². The van der Waals surface area contributed by atoms with Crippen LogP contribution in [0, 0.1) is 6.92 Å². The van der Waals surface area contributed by atoms with Crippen LogP contribution in [0.4, 0.5) is 0 Å². The summed E-state index contributed by atoms with van der Waals surface area (Å²) in [5.41, 5.74) is 2.83. The first-order valence-corrected chi connectivity index (χ1v) is 5.23. The van der Waals surface area contributed by atoms with Crippen LogP contribution in [0.5, 0.6) is 5.75 Å². The maximum Gasteiger partial charge on any atom is 0.277 e. The molecule has 6 nitrogen and oxygen atoms in total. The molecule has 0 radical (unpaired) electrons. The van der Waals surface area contributed by atoms with Crippen LogP contribution in [-0.2, 0) is 9.59 Å². The number of nitrogens with zero attached hydrogens (tertiary/aromatic N) is 1. The topological polar surface area (TPSA) is 90.8 Å². The molecule has 0 heterocycles. The Balaban J connectivity index is 2.40. The molecule has 1 amide bonds. The molecule has 0 spiro atoms. The third kappa shape index (κ3) is 4.65. The van der Waals surface area contributed by atoms with Crippen molar-refractivity contribution < 1.29 is 19.4 Å². The Hall–Kier alpha value is -2.37. The second-order valence-corrected chi connectivity index (χ2v) is 3.62. The summed E-state index contributed by atoms with van der Waals surface area (Å²) >= 11 is 0. The summed E-state index contributed by atoms with van der Waals surface area (Å²) in [5.74, 6) is -1.43. The highest BCUT2D eigenvalue weighted by Crippen LogP contribution is 2.10. The standard InChI is InChI=1S/C12H14N2O4/c1-8-3-5-10(6-4-8)18-7-11(15)14-13-9(2)12(16)17/h3-6H,7H2,1-2H3,(H,14,15)(H,16,17)/p-1/b13-9-. The van der Waals surface area contributed by atoms with Gasteiger partial charge in [0.05, 0.1) is 11.7 Å². The maximum absolute atomic E-state index is 11.3. The van der Waals surface area contributed by atoms with Crippen molar-refractivity contribution in [3.05, 3.63) is 29.8 Å². The van der Waals surface area contributed by atoms with Gasteiger partial charge >= 0.3 is 0 Å². The van der Waals surface area contributed by atoms with Gasteiger partial charge in [-0.05, 0) is 26.0 Å². The van der Waals surface area contributed by atoms with E-state index >= 15 is 0 Å². The Bertz CT molecular complexity index is 465. The second-order valence-electron chi connectivity index (χ2n) is 3.62. The fraction of sp³-hybridized carbons (Fsp3) is 0.250. The van der Waals surface area contributed by atoms with Crippen LogP contribution in [-0.4, -0.2) is 24.2 Å². The van der Waals surface area contributed by atoms with Crippen LogP contribution in [0.1, 0.15) is 12.5 Å². The predicted molar refractivity (Wildman–Crippen MR) is 62.9 cm³/mol. The molecule has 0 aliphatic rings. The molecule has 96 valence electrons. The number of nitrogens with one attached hydrogen (secondary N) is 1. The lowest BCUT2D eigenvalue weighted by Gasteiger charge is -2.06. The molecule has 1 aromatic carbocycles. The summed E-state index contributed by atoms with van der Waals surface area (Å²) in [6, 6.07) is 7.17. The third-order valence-electron chi connectivity index (χ3n) is 2.03. The van der Waals surface area contributed by atoms with Crippen LogP contribution < -0.4 is 15.3 Å². The van der Waals surface area contributed by atoms with Gasteiger partial charge in [-0.3, -0.25) is 4.79 Å². The minimum atomic E-state index is -1.44. The number of ether oxygens (including phenoxy) is 1. The van der Waals surface area contributed by atoms with E-state index in [-0.39, 0.29) is 12.3 Å². The fourth-order valence-corrected chi connectivity index (χ4v) is 1.01. The quantitative estimate of drug-likeness (QED) is 0.568. The number of rotatable bonds is 5. The van der Waals surface area contributed by atoms with Crippen molar-refractivity contribution in [2.24, 2.45) is 5.10 Å². The molecule has 1 rings (SSSR count). The summed E-state index contributed by atoms with van der Waals surface area (Å²) in [7, 11) is 0. The molecule has 0 saturated carbocycles. The smallest absolute Gasteiger partial charge is 0.277 e. The van der Waals surface area contributed by atoms with Gasteiger partial charge in [0.15, 0.2) is 6.61 Å². The molecule has 18 heavy (non-hydrogen) atoms. The van der Waals surface area contributed by atoms with E-state index < -0.39 is 11.9 Å². The minimum absolute atomic E-state index is 0.243. The van der Waals surface area contributed by atoms with E-state index in [4.69, 9.17) is 4.74 Å². The van der Waals surface area contributed by atoms with E-state index in [1.165, 1.54) is 6.92 Å². The van der Waals surface area contributed by atoms with E-state index in [2.05, 4.69) is 5.10 Å². The number of hydrogen-bond donors (Lipinski definition) is 1. The van der Waals surface area contributed by atoms with Gasteiger partial charge < -0.3 is 14.6 Å². The number of aryl methyl sites for hydroxylation is 1. The van der Waals surface area contributed by atoms with Crippen molar-refractivity contribution in [3.8, 4) is 5.75 Å². The second kappa shape index (κ2) is 6.39. The summed E-state index contributed by atoms with van der Waals surface area (Å²) in [5, 5.41) is 13.6. The predicted octanol–water partition coefficient (Wildman–Crippen LogP) is -0.384.